The Kier molecular flexibility index (Phi) is 3.72. The molecule has 0 unspecified atom stereocenters. The molecule has 8 heteroatoms. The maximum Gasteiger partial charge on any atom is 0.268 e. The molecule has 0 aliphatic carbocycles. The van der Waals surface area contributed by atoms with Gasteiger partial charge in [-0.3, -0.25) is 4.40 Å². The third-order valence-corrected chi connectivity index (χ3v) is 5.89. The average molecular weight is 379 g/mol. The lowest BCUT2D eigenvalue weighted by atomic mass is 10.1. The normalized spacial score (nSPS) is 11.6. The Morgan fingerprint density at radius 3 is 2.96 bits per heavy atom. The number of aromatic nitrogens is 5. The Morgan fingerprint density at radius 1 is 1.15 bits per heavy atom. The van der Waals surface area contributed by atoms with Crippen LogP contribution >= 0.6 is 23.1 Å². The molecule has 0 saturated heterocycles. The van der Waals surface area contributed by atoms with Crippen molar-refractivity contribution >= 4 is 39.6 Å². The van der Waals surface area contributed by atoms with Crippen LogP contribution in [0.25, 0.3) is 27.3 Å². The molecule has 0 spiro atoms. The predicted octanol–water partition coefficient (Wildman–Crippen LogP) is 4.59. The van der Waals surface area contributed by atoms with Crippen molar-refractivity contribution in [1.29, 1.82) is 0 Å². The third kappa shape index (κ3) is 2.58. The molecule has 0 aliphatic heterocycles. The van der Waals surface area contributed by atoms with Gasteiger partial charge in [-0.15, -0.1) is 21.5 Å². The van der Waals surface area contributed by atoms with Crippen LogP contribution in [0.5, 0.6) is 0 Å². The van der Waals surface area contributed by atoms with E-state index >= 15 is 0 Å². The minimum absolute atomic E-state index is 0.558. The third-order valence-electron chi connectivity index (χ3n) is 4.10. The van der Waals surface area contributed by atoms with Crippen molar-refractivity contribution in [2.45, 2.75) is 17.8 Å². The van der Waals surface area contributed by atoms with E-state index in [1.54, 1.807) is 23.1 Å². The van der Waals surface area contributed by atoms with Gasteiger partial charge in [0.2, 0.25) is 0 Å². The first-order chi connectivity index (χ1) is 12.8. The molecule has 0 N–H and O–H groups in total. The lowest BCUT2D eigenvalue weighted by molar-refractivity contribution is 0.426. The Bertz CT molecular complexity index is 1210. The molecule has 0 aliphatic rings. The van der Waals surface area contributed by atoms with Gasteiger partial charge in [0.25, 0.3) is 5.89 Å². The molecule has 0 saturated carbocycles. The standard InChI is InChI=1S/C18H13N5OS2/c1-11-9-16-20-21-18(23(16)13-6-3-2-5-12(11)13)26-10-15-19-17(24-22-15)14-7-4-8-25-14/h2-9H,10H2,1H3. The molecule has 6 nitrogen and oxygen atoms in total. The first-order valence-electron chi connectivity index (χ1n) is 8.02. The smallest absolute Gasteiger partial charge is 0.268 e. The van der Waals surface area contributed by atoms with Gasteiger partial charge in [0, 0.05) is 5.39 Å². The number of hydrogen-bond donors (Lipinski definition) is 0. The van der Waals surface area contributed by atoms with Crippen LogP contribution < -0.4 is 0 Å². The van der Waals surface area contributed by atoms with E-state index in [0.29, 0.717) is 17.5 Å². The minimum Gasteiger partial charge on any atom is -0.333 e. The van der Waals surface area contributed by atoms with Gasteiger partial charge in [-0.25, -0.2) is 0 Å². The minimum atomic E-state index is 0.558. The first kappa shape index (κ1) is 15.5. The number of benzene rings is 1. The summed E-state index contributed by atoms with van der Waals surface area (Å²) in [7, 11) is 0. The van der Waals surface area contributed by atoms with Gasteiger partial charge in [0.1, 0.15) is 0 Å². The molecule has 0 radical (unpaired) electrons. The maximum atomic E-state index is 5.35. The number of hydrogen-bond acceptors (Lipinski definition) is 7. The highest BCUT2D eigenvalue weighted by Gasteiger charge is 2.14. The van der Waals surface area contributed by atoms with E-state index in [2.05, 4.69) is 49.9 Å². The molecule has 26 heavy (non-hydrogen) atoms. The van der Waals surface area contributed by atoms with Crippen molar-refractivity contribution in [3.8, 4) is 10.8 Å². The second kappa shape index (κ2) is 6.22. The summed E-state index contributed by atoms with van der Waals surface area (Å²) in [4.78, 5) is 5.44. The van der Waals surface area contributed by atoms with E-state index in [0.717, 1.165) is 21.2 Å². The van der Waals surface area contributed by atoms with Crippen molar-refractivity contribution < 1.29 is 4.52 Å². The second-order valence-electron chi connectivity index (χ2n) is 5.80. The molecular weight excluding hydrogens is 366 g/mol. The van der Waals surface area contributed by atoms with Gasteiger partial charge in [-0.05, 0) is 36.1 Å². The molecule has 1 aromatic carbocycles. The van der Waals surface area contributed by atoms with E-state index in [1.807, 2.05) is 29.6 Å². The predicted molar refractivity (Wildman–Crippen MR) is 102 cm³/mol. The molecule has 0 amide bonds. The van der Waals surface area contributed by atoms with Gasteiger partial charge in [-0.2, -0.15) is 4.98 Å². The van der Waals surface area contributed by atoms with E-state index in [-0.39, 0.29) is 0 Å². The molecule has 128 valence electrons. The van der Waals surface area contributed by atoms with Crippen molar-refractivity contribution in [2.75, 3.05) is 0 Å². The van der Waals surface area contributed by atoms with Crippen LogP contribution in [-0.4, -0.2) is 24.7 Å². The molecule has 4 heterocycles. The van der Waals surface area contributed by atoms with Crippen molar-refractivity contribution in [3.63, 3.8) is 0 Å². The average Bonchev–Trinajstić information content (AvgIpc) is 3.40. The molecule has 0 fully saturated rings. The van der Waals surface area contributed by atoms with Gasteiger partial charge in [-0.1, -0.05) is 41.2 Å². The topological polar surface area (TPSA) is 69.1 Å². The number of aryl methyl sites for hydroxylation is 1. The Morgan fingerprint density at radius 2 is 2.08 bits per heavy atom. The lowest BCUT2D eigenvalue weighted by Crippen LogP contribution is -1.93. The monoisotopic (exact) mass is 379 g/mol. The molecule has 0 atom stereocenters. The van der Waals surface area contributed by atoms with Crippen LogP contribution in [0.4, 0.5) is 0 Å². The van der Waals surface area contributed by atoms with E-state index in [4.69, 9.17) is 4.52 Å². The van der Waals surface area contributed by atoms with Crippen molar-refractivity contribution in [1.82, 2.24) is 24.7 Å². The fraction of sp³-hybridized carbons (Fsp3) is 0.111. The highest BCUT2D eigenvalue weighted by molar-refractivity contribution is 7.98. The molecular formula is C18H13N5OS2. The quantitative estimate of drug-likeness (QED) is 0.425. The summed E-state index contributed by atoms with van der Waals surface area (Å²) in [5, 5.41) is 16.7. The van der Waals surface area contributed by atoms with Crippen molar-refractivity contribution in [2.24, 2.45) is 0 Å². The molecule has 0 bridgehead atoms. The second-order valence-corrected chi connectivity index (χ2v) is 7.69. The summed E-state index contributed by atoms with van der Waals surface area (Å²) in [6.07, 6.45) is 0. The molecule has 4 aromatic heterocycles. The fourth-order valence-corrected chi connectivity index (χ4v) is 4.35. The Balaban J connectivity index is 1.48. The lowest BCUT2D eigenvalue weighted by Gasteiger charge is -2.06. The van der Waals surface area contributed by atoms with E-state index in [9.17, 15) is 0 Å². The number of rotatable bonds is 4. The number of thioether (sulfide) groups is 1. The molecule has 5 aromatic rings. The first-order valence-corrected chi connectivity index (χ1v) is 9.89. The number of pyridine rings is 1. The Labute approximate surface area is 156 Å². The van der Waals surface area contributed by atoms with Gasteiger partial charge in [0.15, 0.2) is 16.6 Å². The van der Waals surface area contributed by atoms with Crippen LogP contribution in [0.1, 0.15) is 11.4 Å². The largest absolute Gasteiger partial charge is 0.333 e. The van der Waals surface area contributed by atoms with E-state index < -0.39 is 0 Å². The fourth-order valence-electron chi connectivity index (χ4n) is 2.91. The zero-order valence-electron chi connectivity index (χ0n) is 13.8. The summed E-state index contributed by atoms with van der Waals surface area (Å²) >= 11 is 3.13. The highest BCUT2D eigenvalue weighted by atomic mass is 32.2. The van der Waals surface area contributed by atoms with Crippen LogP contribution in [0, 0.1) is 6.92 Å². The van der Waals surface area contributed by atoms with Crippen LogP contribution in [0.3, 0.4) is 0 Å². The van der Waals surface area contributed by atoms with Crippen LogP contribution in [0.2, 0.25) is 0 Å². The summed E-state index contributed by atoms with van der Waals surface area (Å²) in [5.41, 5.74) is 3.13. The van der Waals surface area contributed by atoms with Crippen molar-refractivity contribution in [3.05, 3.63) is 59.2 Å². The van der Waals surface area contributed by atoms with Gasteiger partial charge >= 0.3 is 0 Å². The summed E-state index contributed by atoms with van der Waals surface area (Å²) in [6.45, 7) is 2.09. The number of thiophene rings is 1. The summed E-state index contributed by atoms with van der Waals surface area (Å²) in [5.74, 6) is 1.77. The number of para-hydroxylation sites is 1. The van der Waals surface area contributed by atoms with E-state index in [1.165, 1.54) is 10.9 Å². The maximum absolute atomic E-state index is 5.35. The van der Waals surface area contributed by atoms with Gasteiger partial charge in [0.05, 0.1) is 16.1 Å². The van der Waals surface area contributed by atoms with Crippen LogP contribution in [-0.2, 0) is 5.75 Å². The molecule has 5 rings (SSSR count). The van der Waals surface area contributed by atoms with Crippen LogP contribution in [0.15, 0.2) is 57.5 Å². The summed E-state index contributed by atoms with van der Waals surface area (Å²) < 4.78 is 7.42. The zero-order valence-corrected chi connectivity index (χ0v) is 15.4. The number of fused-ring (bicyclic) bond motifs is 3. The highest BCUT2D eigenvalue weighted by Crippen LogP contribution is 2.28. The number of nitrogens with zero attached hydrogens (tertiary/aromatic N) is 5. The van der Waals surface area contributed by atoms with Gasteiger partial charge < -0.3 is 4.52 Å². The Hall–Kier alpha value is -2.71. The summed E-state index contributed by atoms with van der Waals surface area (Å²) in [6, 6.07) is 14.3. The SMILES string of the molecule is Cc1cc2nnc(SCc3noc(-c4cccs4)n3)n2c2ccccc12. The zero-order chi connectivity index (χ0) is 17.5.